The molecule has 0 fully saturated rings. The molecule has 0 heterocycles. The number of halogens is 1. The van der Waals surface area contributed by atoms with Crippen molar-refractivity contribution in [2.24, 2.45) is 0 Å². The van der Waals surface area contributed by atoms with E-state index in [1.54, 1.807) is 6.07 Å². The van der Waals surface area contributed by atoms with E-state index in [2.05, 4.69) is 0 Å². The normalized spacial score (nSPS) is 10.2. The molecule has 0 radical (unpaired) electrons. The Labute approximate surface area is 123 Å². The van der Waals surface area contributed by atoms with Crippen molar-refractivity contribution >= 4 is 5.78 Å². The van der Waals surface area contributed by atoms with Crippen LogP contribution in [0.15, 0.2) is 48.5 Å². The number of Topliss-reactive ketones (excluding diaryl/α,β-unsaturated/α-hetero) is 1. The molecule has 0 aliphatic heterocycles. The summed E-state index contributed by atoms with van der Waals surface area (Å²) in [6.45, 7) is 2.25. The van der Waals surface area contributed by atoms with Gasteiger partial charge in [0.15, 0.2) is 17.3 Å². The van der Waals surface area contributed by atoms with Crippen LogP contribution in [0.5, 0.6) is 11.5 Å². The first-order chi connectivity index (χ1) is 10.2. The minimum absolute atomic E-state index is 0.153. The van der Waals surface area contributed by atoms with E-state index in [1.807, 2.05) is 30.3 Å². The molecular weight excluding hydrogens is 271 g/mol. The van der Waals surface area contributed by atoms with Crippen molar-refractivity contribution in [2.75, 3.05) is 13.2 Å². The molecule has 2 aromatic carbocycles. The molecule has 0 saturated carbocycles. The highest BCUT2D eigenvalue weighted by Gasteiger charge is 2.07. The quantitative estimate of drug-likeness (QED) is 0.573. The third kappa shape index (κ3) is 4.60. The minimum atomic E-state index is -0.522. The van der Waals surface area contributed by atoms with E-state index in [0.29, 0.717) is 25.2 Å². The zero-order valence-electron chi connectivity index (χ0n) is 11.8. The van der Waals surface area contributed by atoms with Crippen LogP contribution in [0, 0.1) is 5.82 Å². The molecule has 2 rings (SSSR count). The Morgan fingerprint density at radius 2 is 1.76 bits per heavy atom. The fraction of sp³-hybridized carbons (Fsp3) is 0.235. The summed E-state index contributed by atoms with van der Waals surface area (Å²) < 4.78 is 24.5. The summed E-state index contributed by atoms with van der Waals surface area (Å²) in [5, 5.41) is 0. The molecule has 0 bridgehead atoms. The van der Waals surface area contributed by atoms with Crippen molar-refractivity contribution in [3.8, 4) is 11.5 Å². The van der Waals surface area contributed by atoms with Gasteiger partial charge in [-0.15, -0.1) is 0 Å². The Balaban J connectivity index is 1.75. The summed E-state index contributed by atoms with van der Waals surface area (Å²) in [7, 11) is 0. The fourth-order valence-corrected chi connectivity index (χ4v) is 1.78. The number of ketones is 1. The average Bonchev–Trinajstić information content (AvgIpc) is 2.49. The molecule has 0 saturated heterocycles. The summed E-state index contributed by atoms with van der Waals surface area (Å²) >= 11 is 0. The maximum Gasteiger partial charge on any atom is 0.165 e. The number of rotatable bonds is 7. The van der Waals surface area contributed by atoms with Gasteiger partial charge in [0.1, 0.15) is 5.75 Å². The van der Waals surface area contributed by atoms with Crippen molar-refractivity contribution in [1.82, 2.24) is 0 Å². The second-order valence-electron chi connectivity index (χ2n) is 4.56. The van der Waals surface area contributed by atoms with Gasteiger partial charge in [0.05, 0.1) is 13.2 Å². The van der Waals surface area contributed by atoms with Crippen LogP contribution in [-0.2, 0) is 0 Å². The van der Waals surface area contributed by atoms with Gasteiger partial charge < -0.3 is 9.47 Å². The Kier molecular flexibility index (Phi) is 5.32. The highest BCUT2D eigenvalue weighted by Crippen LogP contribution is 2.19. The first kappa shape index (κ1) is 15.0. The van der Waals surface area contributed by atoms with E-state index >= 15 is 0 Å². The van der Waals surface area contributed by atoms with Gasteiger partial charge in [0.2, 0.25) is 0 Å². The molecule has 0 aliphatic carbocycles. The third-order valence-corrected chi connectivity index (χ3v) is 2.90. The molecular formula is C17H17FO3. The smallest absolute Gasteiger partial charge is 0.165 e. The van der Waals surface area contributed by atoms with E-state index in [-0.39, 0.29) is 11.5 Å². The van der Waals surface area contributed by atoms with E-state index in [4.69, 9.17) is 9.47 Å². The lowest BCUT2D eigenvalue weighted by atomic mass is 10.1. The molecule has 0 aromatic heterocycles. The lowest BCUT2D eigenvalue weighted by Crippen LogP contribution is -2.06. The monoisotopic (exact) mass is 288 g/mol. The maximum absolute atomic E-state index is 13.7. The summed E-state index contributed by atoms with van der Waals surface area (Å²) in [6, 6.07) is 13.7. The number of hydrogen-bond donors (Lipinski definition) is 0. The number of carbonyl (C=O) groups is 1. The van der Waals surface area contributed by atoms with Crippen molar-refractivity contribution in [1.29, 1.82) is 0 Å². The highest BCUT2D eigenvalue weighted by atomic mass is 19.1. The molecule has 0 aliphatic rings. The first-order valence-corrected chi connectivity index (χ1v) is 6.78. The van der Waals surface area contributed by atoms with Gasteiger partial charge >= 0.3 is 0 Å². The largest absolute Gasteiger partial charge is 0.493 e. The number of hydrogen-bond acceptors (Lipinski definition) is 3. The molecule has 0 spiro atoms. The summed E-state index contributed by atoms with van der Waals surface area (Å²) in [5.74, 6) is 0.262. The number of ether oxygens (including phenoxy) is 2. The number of carbonyl (C=O) groups excluding carboxylic acids is 1. The lowest BCUT2D eigenvalue weighted by Gasteiger charge is -2.09. The zero-order valence-corrected chi connectivity index (χ0v) is 11.8. The average molecular weight is 288 g/mol. The van der Waals surface area contributed by atoms with Crippen LogP contribution in [0.25, 0.3) is 0 Å². The van der Waals surface area contributed by atoms with Gasteiger partial charge in [-0.1, -0.05) is 18.2 Å². The van der Waals surface area contributed by atoms with Gasteiger partial charge in [0.25, 0.3) is 0 Å². The van der Waals surface area contributed by atoms with Crippen molar-refractivity contribution in [3.05, 3.63) is 59.9 Å². The van der Waals surface area contributed by atoms with Crippen LogP contribution < -0.4 is 9.47 Å². The molecule has 4 heteroatoms. The SMILES string of the molecule is CC(=O)c1ccc(OCCCOc2ccccc2)c(F)c1. The predicted molar refractivity (Wildman–Crippen MR) is 78.5 cm³/mol. The molecule has 0 atom stereocenters. The van der Waals surface area contributed by atoms with Gasteiger partial charge in [-0.25, -0.2) is 4.39 Å². The van der Waals surface area contributed by atoms with Gasteiger partial charge in [0, 0.05) is 12.0 Å². The topological polar surface area (TPSA) is 35.5 Å². The summed E-state index contributed by atoms with van der Waals surface area (Å²) in [6.07, 6.45) is 0.642. The zero-order chi connectivity index (χ0) is 15.1. The second kappa shape index (κ2) is 7.43. The fourth-order valence-electron chi connectivity index (χ4n) is 1.78. The molecule has 2 aromatic rings. The maximum atomic E-state index is 13.7. The van der Waals surface area contributed by atoms with Crippen molar-refractivity contribution in [2.45, 2.75) is 13.3 Å². The summed E-state index contributed by atoms with van der Waals surface area (Å²) in [5.41, 5.74) is 0.340. The van der Waals surface area contributed by atoms with Crippen LogP contribution in [0.2, 0.25) is 0 Å². The van der Waals surface area contributed by atoms with E-state index in [0.717, 1.165) is 5.75 Å². The van der Waals surface area contributed by atoms with E-state index in [9.17, 15) is 9.18 Å². The molecule has 21 heavy (non-hydrogen) atoms. The standard InChI is InChI=1S/C17H17FO3/c1-13(19)14-8-9-17(16(18)12-14)21-11-5-10-20-15-6-3-2-4-7-15/h2-4,6-9,12H,5,10-11H2,1H3. The molecule has 3 nitrogen and oxygen atoms in total. The van der Waals surface area contributed by atoms with E-state index in [1.165, 1.54) is 19.1 Å². The summed E-state index contributed by atoms with van der Waals surface area (Å²) in [4.78, 5) is 11.1. The Morgan fingerprint density at radius 3 is 2.43 bits per heavy atom. The van der Waals surface area contributed by atoms with Gasteiger partial charge in [-0.3, -0.25) is 4.79 Å². The highest BCUT2D eigenvalue weighted by molar-refractivity contribution is 5.94. The molecule has 0 N–H and O–H groups in total. The van der Waals surface area contributed by atoms with E-state index < -0.39 is 5.82 Å². The van der Waals surface area contributed by atoms with Crippen molar-refractivity contribution in [3.63, 3.8) is 0 Å². The van der Waals surface area contributed by atoms with Crippen LogP contribution in [0.3, 0.4) is 0 Å². The third-order valence-electron chi connectivity index (χ3n) is 2.90. The van der Waals surface area contributed by atoms with Crippen LogP contribution >= 0.6 is 0 Å². The molecule has 110 valence electrons. The minimum Gasteiger partial charge on any atom is -0.493 e. The van der Waals surface area contributed by atoms with Gasteiger partial charge in [-0.05, 0) is 37.3 Å². The van der Waals surface area contributed by atoms with Crippen molar-refractivity contribution < 1.29 is 18.7 Å². The van der Waals surface area contributed by atoms with Gasteiger partial charge in [-0.2, -0.15) is 0 Å². The first-order valence-electron chi connectivity index (χ1n) is 6.78. The number of benzene rings is 2. The molecule has 0 amide bonds. The second-order valence-corrected chi connectivity index (χ2v) is 4.56. The Morgan fingerprint density at radius 1 is 1.05 bits per heavy atom. The Hall–Kier alpha value is -2.36. The molecule has 0 unspecified atom stereocenters. The van der Waals surface area contributed by atoms with Crippen LogP contribution in [0.1, 0.15) is 23.7 Å². The predicted octanol–water partition coefficient (Wildman–Crippen LogP) is 3.88. The lowest BCUT2D eigenvalue weighted by molar-refractivity contribution is 0.101. The Bertz CT molecular complexity index is 596. The van der Waals surface area contributed by atoms with Crippen LogP contribution in [0.4, 0.5) is 4.39 Å². The van der Waals surface area contributed by atoms with Crippen LogP contribution in [-0.4, -0.2) is 19.0 Å². The number of para-hydroxylation sites is 1.